The topological polar surface area (TPSA) is 38.8 Å². The highest BCUT2D eigenvalue weighted by Crippen LogP contribution is 2.36. The monoisotopic (exact) mass is 337 g/mol. The van der Waals surface area contributed by atoms with Gasteiger partial charge in [-0.2, -0.15) is 0 Å². The first kappa shape index (κ1) is 17.4. The minimum Gasteiger partial charge on any atom is -0.399 e. The predicted molar refractivity (Wildman–Crippen MR) is 87.5 cm³/mol. The molecule has 2 aliphatic rings. The van der Waals surface area contributed by atoms with Crippen molar-refractivity contribution in [1.82, 2.24) is 4.90 Å². The van der Waals surface area contributed by atoms with E-state index < -0.39 is 30.3 Å². The van der Waals surface area contributed by atoms with E-state index in [-0.39, 0.29) is 18.0 Å². The molecule has 24 heavy (non-hydrogen) atoms. The van der Waals surface area contributed by atoms with Gasteiger partial charge >= 0.3 is 7.12 Å². The molecule has 0 N–H and O–H groups in total. The summed E-state index contributed by atoms with van der Waals surface area (Å²) in [6, 6.07) is 4.04. The van der Waals surface area contributed by atoms with Crippen LogP contribution in [0.15, 0.2) is 18.2 Å². The molecule has 0 spiro atoms. The molecule has 1 atom stereocenters. The van der Waals surface area contributed by atoms with E-state index in [1.807, 2.05) is 27.7 Å². The van der Waals surface area contributed by atoms with Crippen LogP contribution in [0.2, 0.25) is 0 Å². The molecule has 1 unspecified atom stereocenters. The molecular formula is C17H22BF2NO3. The fourth-order valence-electron chi connectivity index (χ4n) is 2.94. The third-order valence-electron chi connectivity index (χ3n) is 5.11. The molecule has 0 saturated carbocycles. The number of rotatable bonds is 2. The summed E-state index contributed by atoms with van der Waals surface area (Å²) in [6.45, 7) is 8.03. The normalized spacial score (nSPS) is 25.3. The average molecular weight is 337 g/mol. The number of nitrogens with zero attached hydrogens (tertiary/aromatic N) is 1. The molecule has 0 bridgehead atoms. The lowest BCUT2D eigenvalue weighted by molar-refractivity contribution is 0.00578. The fraction of sp³-hybridized carbons (Fsp3) is 0.588. The second kappa shape index (κ2) is 5.81. The molecule has 2 fully saturated rings. The van der Waals surface area contributed by atoms with Gasteiger partial charge in [0.15, 0.2) is 0 Å². The van der Waals surface area contributed by atoms with Gasteiger partial charge in [0.2, 0.25) is 0 Å². The lowest BCUT2D eigenvalue weighted by atomic mass is 9.78. The maximum Gasteiger partial charge on any atom is 0.494 e. The summed E-state index contributed by atoms with van der Waals surface area (Å²) in [5, 5.41) is 0. The first-order valence-electron chi connectivity index (χ1n) is 8.18. The van der Waals surface area contributed by atoms with Crippen LogP contribution in [-0.4, -0.2) is 48.4 Å². The third kappa shape index (κ3) is 3.07. The van der Waals surface area contributed by atoms with Crippen LogP contribution >= 0.6 is 0 Å². The Labute approximate surface area is 141 Å². The Bertz CT molecular complexity index is 649. The van der Waals surface area contributed by atoms with E-state index in [1.165, 1.54) is 17.0 Å². The number of hydrogen-bond acceptors (Lipinski definition) is 3. The van der Waals surface area contributed by atoms with Gasteiger partial charge in [-0.05, 0) is 57.8 Å². The van der Waals surface area contributed by atoms with Gasteiger partial charge in [-0.3, -0.25) is 4.79 Å². The summed E-state index contributed by atoms with van der Waals surface area (Å²) in [5.41, 5.74) is -0.462. The summed E-state index contributed by atoms with van der Waals surface area (Å²) in [4.78, 5) is 13.9. The first-order valence-corrected chi connectivity index (χ1v) is 8.18. The first-order chi connectivity index (χ1) is 11.1. The largest absolute Gasteiger partial charge is 0.494 e. The highest BCUT2D eigenvalue weighted by molar-refractivity contribution is 6.62. The van der Waals surface area contributed by atoms with Crippen molar-refractivity contribution < 1.29 is 22.9 Å². The lowest BCUT2D eigenvalue weighted by Crippen LogP contribution is -2.41. The Morgan fingerprint density at radius 3 is 2.38 bits per heavy atom. The van der Waals surface area contributed by atoms with E-state index in [4.69, 9.17) is 9.31 Å². The molecule has 1 amide bonds. The Morgan fingerprint density at radius 1 is 1.21 bits per heavy atom. The van der Waals surface area contributed by atoms with Gasteiger partial charge in [0.1, 0.15) is 12.0 Å². The van der Waals surface area contributed by atoms with E-state index in [0.717, 1.165) is 0 Å². The molecule has 0 radical (unpaired) electrons. The minimum absolute atomic E-state index is 0.0567. The third-order valence-corrected chi connectivity index (χ3v) is 5.11. The Hall–Kier alpha value is -1.47. The number of likely N-dealkylation sites (tertiary alicyclic amines) is 1. The summed E-state index contributed by atoms with van der Waals surface area (Å²) < 4.78 is 39.2. The zero-order chi connectivity index (χ0) is 17.7. The lowest BCUT2D eigenvalue weighted by Gasteiger charge is -2.32. The van der Waals surface area contributed by atoms with Crippen LogP contribution < -0.4 is 5.46 Å². The van der Waals surface area contributed by atoms with Crippen LogP contribution in [0.5, 0.6) is 0 Å². The van der Waals surface area contributed by atoms with Crippen molar-refractivity contribution in [2.24, 2.45) is 0 Å². The summed E-state index contributed by atoms with van der Waals surface area (Å²) in [6.07, 6.45) is -0.685. The van der Waals surface area contributed by atoms with Crippen molar-refractivity contribution in [3.63, 3.8) is 0 Å². The molecule has 4 nitrogen and oxygen atoms in total. The molecule has 7 heteroatoms. The zero-order valence-corrected chi connectivity index (χ0v) is 14.4. The van der Waals surface area contributed by atoms with Gasteiger partial charge in [-0.25, -0.2) is 8.78 Å². The van der Waals surface area contributed by atoms with Gasteiger partial charge in [0.25, 0.3) is 5.91 Å². The smallest absolute Gasteiger partial charge is 0.399 e. The average Bonchev–Trinajstić information content (AvgIpc) is 2.99. The van der Waals surface area contributed by atoms with Crippen molar-refractivity contribution in [3.05, 3.63) is 29.6 Å². The van der Waals surface area contributed by atoms with Gasteiger partial charge in [-0.1, -0.05) is 0 Å². The minimum atomic E-state index is -1.01. The number of alkyl halides is 1. The number of hydrogen-bond donors (Lipinski definition) is 0. The number of halogens is 2. The number of amides is 1. The number of carbonyl (C=O) groups is 1. The van der Waals surface area contributed by atoms with E-state index in [1.54, 1.807) is 6.07 Å². The van der Waals surface area contributed by atoms with Crippen LogP contribution in [0.4, 0.5) is 8.78 Å². The Balaban J connectivity index is 1.86. The molecule has 1 aromatic rings. The van der Waals surface area contributed by atoms with Gasteiger partial charge in [0.05, 0.1) is 17.7 Å². The molecule has 3 rings (SSSR count). The summed E-state index contributed by atoms with van der Waals surface area (Å²) >= 11 is 0. The maximum atomic E-state index is 14.0. The van der Waals surface area contributed by atoms with Gasteiger partial charge < -0.3 is 14.2 Å². The van der Waals surface area contributed by atoms with E-state index in [0.29, 0.717) is 18.4 Å². The maximum absolute atomic E-state index is 14.0. The van der Waals surface area contributed by atoms with Crippen molar-refractivity contribution in [2.45, 2.75) is 51.5 Å². The van der Waals surface area contributed by atoms with Crippen LogP contribution in [0, 0.1) is 5.82 Å². The molecule has 2 saturated heterocycles. The van der Waals surface area contributed by atoms with Crippen LogP contribution in [0.3, 0.4) is 0 Å². The Kier molecular flexibility index (Phi) is 4.20. The second-order valence-corrected chi connectivity index (χ2v) is 7.50. The van der Waals surface area contributed by atoms with Crippen molar-refractivity contribution in [1.29, 1.82) is 0 Å². The van der Waals surface area contributed by atoms with E-state index in [2.05, 4.69) is 0 Å². The summed E-state index contributed by atoms with van der Waals surface area (Å²) in [7, 11) is -0.746. The number of carbonyl (C=O) groups excluding carboxylic acids is 1. The highest BCUT2D eigenvalue weighted by atomic mass is 19.1. The van der Waals surface area contributed by atoms with E-state index in [9.17, 15) is 13.6 Å². The van der Waals surface area contributed by atoms with Crippen LogP contribution in [0.25, 0.3) is 0 Å². The number of benzene rings is 1. The standard InChI is InChI=1S/C17H22BF2NO3/c1-16(2)17(3,4)24-18(23-16)12-7-11(8-14(20)9-12)15(22)21-6-5-13(19)10-21/h7-9,13H,5-6,10H2,1-4H3. The fourth-order valence-corrected chi connectivity index (χ4v) is 2.94. The van der Waals surface area contributed by atoms with Crippen LogP contribution in [0.1, 0.15) is 44.5 Å². The molecule has 0 aromatic heterocycles. The Morgan fingerprint density at radius 2 is 1.83 bits per heavy atom. The molecule has 2 aliphatic heterocycles. The SMILES string of the molecule is CC1(C)OB(c2cc(F)cc(C(=O)N3CCC(F)C3)c2)OC1(C)C. The van der Waals surface area contributed by atoms with Gasteiger partial charge in [-0.15, -0.1) is 0 Å². The molecule has 1 aromatic carbocycles. The highest BCUT2D eigenvalue weighted by Gasteiger charge is 2.51. The summed E-state index contributed by atoms with van der Waals surface area (Å²) in [5.74, 6) is -0.908. The van der Waals surface area contributed by atoms with Crippen molar-refractivity contribution in [3.8, 4) is 0 Å². The van der Waals surface area contributed by atoms with Crippen LogP contribution in [-0.2, 0) is 9.31 Å². The molecular weight excluding hydrogens is 315 g/mol. The molecule has 2 heterocycles. The predicted octanol–water partition coefficient (Wildman–Crippen LogP) is 2.31. The molecule has 0 aliphatic carbocycles. The van der Waals surface area contributed by atoms with Crippen molar-refractivity contribution >= 4 is 18.5 Å². The quantitative estimate of drug-likeness (QED) is 0.778. The van der Waals surface area contributed by atoms with Gasteiger partial charge in [0, 0.05) is 12.1 Å². The van der Waals surface area contributed by atoms with E-state index >= 15 is 0 Å². The van der Waals surface area contributed by atoms with Crippen molar-refractivity contribution in [2.75, 3.05) is 13.1 Å². The molecule has 130 valence electrons. The second-order valence-electron chi connectivity index (χ2n) is 7.50. The zero-order valence-electron chi connectivity index (χ0n) is 14.4.